The van der Waals surface area contributed by atoms with Crippen molar-refractivity contribution in [2.24, 2.45) is 0 Å². The van der Waals surface area contributed by atoms with E-state index in [-0.39, 0.29) is 17.6 Å². The molecule has 4 aromatic rings. The number of halogens is 2. The van der Waals surface area contributed by atoms with E-state index in [1.54, 1.807) is 28.6 Å². The molecule has 0 bridgehead atoms. The van der Waals surface area contributed by atoms with Crippen molar-refractivity contribution in [1.82, 2.24) is 14.7 Å². The number of nitrogens with zero attached hydrogens (tertiary/aromatic N) is 3. The molecule has 3 aromatic carbocycles. The summed E-state index contributed by atoms with van der Waals surface area (Å²) in [7, 11) is 0. The molecule has 2 aliphatic rings. The smallest absolute Gasteiger partial charge is 0.253 e. The average Bonchev–Trinajstić information content (AvgIpc) is 3.58. The Balaban J connectivity index is 1.34. The molecule has 0 radical (unpaired) electrons. The Hall–Kier alpha value is -3.82. The Labute approximate surface area is 227 Å². The topological polar surface area (TPSA) is 76.5 Å². The number of anilines is 1. The fraction of sp³-hybridized carbons (Fsp3) is 0.207. The van der Waals surface area contributed by atoms with Crippen LogP contribution in [-0.2, 0) is 27.2 Å². The lowest BCUT2D eigenvalue weighted by Gasteiger charge is -2.23. The monoisotopic (exact) mass is 574 g/mol. The highest BCUT2D eigenvalue weighted by Crippen LogP contribution is 2.37. The van der Waals surface area contributed by atoms with Crippen LogP contribution in [0.25, 0.3) is 16.9 Å². The first-order valence-electron chi connectivity index (χ1n) is 12.3. The first-order valence-corrected chi connectivity index (χ1v) is 13.1. The van der Waals surface area contributed by atoms with Crippen LogP contribution in [0.3, 0.4) is 0 Å². The standard InChI is InChI=1S/C29H24BrFN4O3/c1-17-28(37)34(13-12-18-2-3-20-15-26(36)32-25(20)14-18)29(38-17)24-16-35(23-10-6-21(30)7-11-23)33-27(24)19-4-8-22(31)9-5-19/h2-11,14,16-17,29H,12-13,15H2,1H3,(H,32,36)/t17-,29+/m0/s1. The number of aromatic nitrogens is 2. The zero-order valence-electron chi connectivity index (χ0n) is 20.5. The molecule has 2 atom stereocenters. The van der Waals surface area contributed by atoms with Gasteiger partial charge < -0.3 is 15.0 Å². The summed E-state index contributed by atoms with van der Waals surface area (Å²) < 4.78 is 22.6. The van der Waals surface area contributed by atoms with E-state index in [0.717, 1.165) is 38.1 Å². The molecule has 2 amide bonds. The third-order valence-electron chi connectivity index (χ3n) is 6.91. The van der Waals surface area contributed by atoms with Crippen molar-refractivity contribution in [3.05, 3.63) is 99.9 Å². The fourth-order valence-electron chi connectivity index (χ4n) is 4.94. The molecule has 1 aromatic heterocycles. The number of ether oxygens (including phenoxy) is 1. The Morgan fingerprint density at radius 2 is 1.84 bits per heavy atom. The molecule has 6 rings (SSSR count). The van der Waals surface area contributed by atoms with Gasteiger partial charge in [0.15, 0.2) is 6.23 Å². The summed E-state index contributed by atoms with van der Waals surface area (Å²) in [5.74, 6) is -0.452. The van der Waals surface area contributed by atoms with Gasteiger partial charge in [0.2, 0.25) is 5.91 Å². The highest BCUT2D eigenvalue weighted by molar-refractivity contribution is 9.10. The minimum absolute atomic E-state index is 0.00901. The number of benzene rings is 3. The first-order chi connectivity index (χ1) is 18.4. The van der Waals surface area contributed by atoms with E-state index in [1.807, 2.05) is 48.7 Å². The number of carbonyl (C=O) groups excluding carboxylic acids is 2. The number of carbonyl (C=O) groups is 2. The molecule has 2 aliphatic heterocycles. The minimum Gasteiger partial charge on any atom is -0.341 e. The molecular weight excluding hydrogens is 551 g/mol. The van der Waals surface area contributed by atoms with Crippen molar-refractivity contribution in [3.63, 3.8) is 0 Å². The third-order valence-corrected chi connectivity index (χ3v) is 7.43. The second kappa shape index (κ2) is 9.81. The van der Waals surface area contributed by atoms with Crippen molar-refractivity contribution in [2.75, 3.05) is 11.9 Å². The maximum absolute atomic E-state index is 13.7. The lowest BCUT2D eigenvalue weighted by molar-refractivity contribution is -0.130. The molecule has 0 aliphatic carbocycles. The maximum atomic E-state index is 13.7. The molecule has 0 saturated carbocycles. The maximum Gasteiger partial charge on any atom is 0.253 e. The summed E-state index contributed by atoms with van der Waals surface area (Å²) in [6.45, 7) is 2.17. The van der Waals surface area contributed by atoms with Gasteiger partial charge in [-0.3, -0.25) is 9.59 Å². The number of hydrogen-bond donors (Lipinski definition) is 1. The van der Waals surface area contributed by atoms with Crippen LogP contribution in [0.1, 0.15) is 29.8 Å². The van der Waals surface area contributed by atoms with Crippen molar-refractivity contribution in [1.29, 1.82) is 0 Å². The van der Waals surface area contributed by atoms with Gasteiger partial charge in [-0.05, 0) is 79.1 Å². The number of amides is 2. The summed E-state index contributed by atoms with van der Waals surface area (Å²) in [4.78, 5) is 26.7. The predicted molar refractivity (Wildman–Crippen MR) is 144 cm³/mol. The fourth-order valence-corrected chi connectivity index (χ4v) is 5.20. The zero-order chi connectivity index (χ0) is 26.4. The van der Waals surface area contributed by atoms with Crippen LogP contribution < -0.4 is 5.32 Å². The molecule has 3 heterocycles. The lowest BCUT2D eigenvalue weighted by atomic mass is 10.0. The van der Waals surface area contributed by atoms with Gasteiger partial charge in [-0.15, -0.1) is 0 Å². The second-order valence-electron chi connectivity index (χ2n) is 9.49. The van der Waals surface area contributed by atoms with Gasteiger partial charge in [-0.1, -0.05) is 28.1 Å². The van der Waals surface area contributed by atoms with Gasteiger partial charge in [0.25, 0.3) is 5.91 Å². The highest BCUT2D eigenvalue weighted by Gasteiger charge is 2.40. The van der Waals surface area contributed by atoms with Gasteiger partial charge in [0.1, 0.15) is 17.6 Å². The highest BCUT2D eigenvalue weighted by atomic mass is 79.9. The minimum atomic E-state index is -0.657. The summed E-state index contributed by atoms with van der Waals surface area (Å²) in [6, 6.07) is 19.8. The molecular formula is C29H24BrFN4O3. The molecule has 192 valence electrons. The molecule has 7 nitrogen and oxygen atoms in total. The molecule has 0 unspecified atom stereocenters. The van der Waals surface area contributed by atoms with Crippen LogP contribution in [0.5, 0.6) is 0 Å². The Morgan fingerprint density at radius 3 is 2.61 bits per heavy atom. The van der Waals surface area contributed by atoms with E-state index in [2.05, 4.69) is 21.2 Å². The Morgan fingerprint density at radius 1 is 1.08 bits per heavy atom. The van der Waals surface area contributed by atoms with Crippen molar-refractivity contribution in [2.45, 2.75) is 32.1 Å². The predicted octanol–water partition coefficient (Wildman–Crippen LogP) is 5.42. The summed E-state index contributed by atoms with van der Waals surface area (Å²) in [5.41, 5.74) is 5.73. The Kier molecular flexibility index (Phi) is 6.33. The first kappa shape index (κ1) is 24.5. The van der Waals surface area contributed by atoms with Gasteiger partial charge in [-0.25, -0.2) is 9.07 Å². The van der Waals surface area contributed by atoms with E-state index in [1.165, 1.54) is 12.1 Å². The van der Waals surface area contributed by atoms with Gasteiger partial charge in [0.05, 0.1) is 12.1 Å². The molecule has 9 heteroatoms. The van der Waals surface area contributed by atoms with Crippen LogP contribution in [-0.4, -0.2) is 39.1 Å². The molecule has 0 spiro atoms. The van der Waals surface area contributed by atoms with Crippen LogP contribution in [0.4, 0.5) is 10.1 Å². The third kappa shape index (κ3) is 4.63. The zero-order valence-corrected chi connectivity index (χ0v) is 22.1. The molecule has 1 fully saturated rings. The summed E-state index contributed by atoms with van der Waals surface area (Å²) >= 11 is 3.46. The van der Waals surface area contributed by atoms with E-state index in [0.29, 0.717) is 25.1 Å². The van der Waals surface area contributed by atoms with Crippen LogP contribution in [0, 0.1) is 5.82 Å². The van der Waals surface area contributed by atoms with Crippen molar-refractivity contribution >= 4 is 33.4 Å². The lowest BCUT2D eigenvalue weighted by Crippen LogP contribution is -2.32. The number of nitrogens with one attached hydrogen (secondary N) is 1. The quantitative estimate of drug-likeness (QED) is 0.333. The SMILES string of the molecule is C[C@@H]1O[C@H](c2cn(-c3ccc(Br)cc3)nc2-c2ccc(F)cc2)N(CCc2ccc3c(c2)NC(=O)C3)C1=O. The largest absolute Gasteiger partial charge is 0.341 e. The van der Waals surface area contributed by atoms with E-state index >= 15 is 0 Å². The summed E-state index contributed by atoms with van der Waals surface area (Å²) in [5, 5.41) is 7.71. The van der Waals surface area contributed by atoms with Gasteiger partial charge in [-0.2, -0.15) is 5.10 Å². The molecule has 38 heavy (non-hydrogen) atoms. The van der Waals surface area contributed by atoms with E-state index < -0.39 is 12.3 Å². The number of rotatable bonds is 6. The summed E-state index contributed by atoms with van der Waals surface area (Å²) in [6.07, 6.45) is 1.58. The van der Waals surface area contributed by atoms with Crippen LogP contribution >= 0.6 is 15.9 Å². The van der Waals surface area contributed by atoms with Crippen LogP contribution in [0.2, 0.25) is 0 Å². The van der Waals surface area contributed by atoms with Crippen molar-refractivity contribution in [3.8, 4) is 16.9 Å². The second-order valence-corrected chi connectivity index (χ2v) is 10.4. The average molecular weight is 575 g/mol. The van der Waals surface area contributed by atoms with E-state index in [9.17, 15) is 14.0 Å². The number of hydrogen-bond acceptors (Lipinski definition) is 4. The van der Waals surface area contributed by atoms with Gasteiger partial charge >= 0.3 is 0 Å². The number of fused-ring (bicyclic) bond motifs is 1. The van der Waals surface area contributed by atoms with Crippen LogP contribution in [0.15, 0.2) is 77.4 Å². The van der Waals surface area contributed by atoms with Crippen molar-refractivity contribution < 1.29 is 18.7 Å². The molecule has 1 N–H and O–H groups in total. The normalized spacial score (nSPS) is 18.7. The van der Waals surface area contributed by atoms with Gasteiger partial charge in [0, 0.05) is 34.0 Å². The van der Waals surface area contributed by atoms with E-state index in [4.69, 9.17) is 9.84 Å². The Bertz CT molecular complexity index is 1530. The molecule has 1 saturated heterocycles.